The van der Waals surface area contributed by atoms with Gasteiger partial charge in [-0.15, -0.1) is 0 Å². The molecule has 158 valence electrons. The van der Waals surface area contributed by atoms with E-state index in [0.29, 0.717) is 11.3 Å². The van der Waals surface area contributed by atoms with Gasteiger partial charge in [0.2, 0.25) is 5.91 Å². The summed E-state index contributed by atoms with van der Waals surface area (Å²) in [7, 11) is 0. The lowest BCUT2D eigenvalue weighted by Gasteiger charge is -2.18. The van der Waals surface area contributed by atoms with Crippen molar-refractivity contribution in [1.82, 2.24) is 9.55 Å². The van der Waals surface area contributed by atoms with Crippen molar-refractivity contribution in [2.24, 2.45) is 0 Å². The maximum atomic E-state index is 12.7. The van der Waals surface area contributed by atoms with Gasteiger partial charge in [-0.25, -0.2) is 4.98 Å². The third kappa shape index (κ3) is 5.16. The topological polar surface area (TPSA) is 79.9 Å². The minimum atomic E-state index is -0.343. The van der Waals surface area contributed by atoms with Crippen LogP contribution in [0.3, 0.4) is 0 Å². The SMILES string of the molecule is CC(Sc1ncc(-c2ccccc2)n1CC1CCCO1)C(=O)Nc1ccc(C#N)cc1. The maximum absolute atomic E-state index is 12.7. The highest BCUT2D eigenvalue weighted by Crippen LogP contribution is 2.30. The second kappa shape index (κ2) is 9.82. The number of aromatic nitrogens is 2. The van der Waals surface area contributed by atoms with Gasteiger partial charge in [0.05, 0.1) is 41.4 Å². The summed E-state index contributed by atoms with van der Waals surface area (Å²) in [5.74, 6) is -0.109. The molecule has 1 aromatic heterocycles. The van der Waals surface area contributed by atoms with E-state index < -0.39 is 0 Å². The quantitative estimate of drug-likeness (QED) is 0.547. The molecule has 2 unspecified atom stereocenters. The zero-order valence-corrected chi connectivity index (χ0v) is 18.1. The van der Waals surface area contributed by atoms with Crippen molar-refractivity contribution >= 4 is 23.4 Å². The molecular weight excluding hydrogens is 408 g/mol. The Morgan fingerprint density at radius 2 is 2.06 bits per heavy atom. The number of hydrogen-bond donors (Lipinski definition) is 1. The third-order valence-electron chi connectivity index (χ3n) is 5.23. The van der Waals surface area contributed by atoms with Gasteiger partial charge in [-0.2, -0.15) is 5.26 Å². The van der Waals surface area contributed by atoms with Crippen molar-refractivity contribution in [3.63, 3.8) is 0 Å². The number of nitrogens with zero attached hydrogens (tertiary/aromatic N) is 3. The van der Waals surface area contributed by atoms with Crippen LogP contribution in [0.2, 0.25) is 0 Å². The lowest BCUT2D eigenvalue weighted by atomic mass is 10.1. The van der Waals surface area contributed by atoms with Crippen molar-refractivity contribution in [2.75, 3.05) is 11.9 Å². The molecule has 0 bridgehead atoms. The molecule has 1 aliphatic rings. The van der Waals surface area contributed by atoms with Gasteiger partial charge >= 0.3 is 0 Å². The van der Waals surface area contributed by atoms with E-state index in [1.165, 1.54) is 11.8 Å². The molecule has 7 heteroatoms. The Morgan fingerprint density at radius 3 is 2.74 bits per heavy atom. The molecule has 1 amide bonds. The highest BCUT2D eigenvalue weighted by Gasteiger charge is 2.23. The lowest BCUT2D eigenvalue weighted by Crippen LogP contribution is -2.23. The monoisotopic (exact) mass is 432 g/mol. The van der Waals surface area contributed by atoms with Crippen LogP contribution in [0.15, 0.2) is 66.0 Å². The predicted molar refractivity (Wildman–Crippen MR) is 122 cm³/mol. The second-order valence-electron chi connectivity index (χ2n) is 7.48. The molecule has 0 aliphatic carbocycles. The molecule has 1 N–H and O–H groups in total. The van der Waals surface area contributed by atoms with E-state index in [4.69, 9.17) is 10.00 Å². The van der Waals surface area contributed by atoms with Crippen LogP contribution in [-0.4, -0.2) is 33.4 Å². The zero-order valence-electron chi connectivity index (χ0n) is 17.3. The predicted octanol–water partition coefficient (Wildman–Crippen LogP) is 4.72. The van der Waals surface area contributed by atoms with Crippen LogP contribution in [0.1, 0.15) is 25.3 Å². The molecule has 2 atom stereocenters. The lowest BCUT2D eigenvalue weighted by molar-refractivity contribution is -0.115. The van der Waals surface area contributed by atoms with Crippen molar-refractivity contribution in [3.05, 3.63) is 66.4 Å². The molecule has 3 aromatic rings. The number of thioether (sulfide) groups is 1. The summed E-state index contributed by atoms with van der Waals surface area (Å²) in [5.41, 5.74) is 3.35. The van der Waals surface area contributed by atoms with E-state index in [-0.39, 0.29) is 17.3 Å². The minimum absolute atomic E-state index is 0.109. The van der Waals surface area contributed by atoms with Gasteiger partial charge in [0.25, 0.3) is 0 Å². The van der Waals surface area contributed by atoms with Gasteiger partial charge < -0.3 is 14.6 Å². The van der Waals surface area contributed by atoms with Gasteiger partial charge in [0, 0.05) is 12.3 Å². The number of carbonyl (C=O) groups excluding carboxylic acids is 1. The number of nitrogens with one attached hydrogen (secondary N) is 1. The normalized spacial score (nSPS) is 16.6. The number of hydrogen-bond acceptors (Lipinski definition) is 5. The summed E-state index contributed by atoms with van der Waals surface area (Å²) in [6.45, 7) is 3.39. The van der Waals surface area contributed by atoms with Gasteiger partial charge in [-0.3, -0.25) is 4.79 Å². The van der Waals surface area contributed by atoms with E-state index in [1.807, 2.05) is 31.3 Å². The van der Waals surface area contributed by atoms with E-state index in [9.17, 15) is 4.79 Å². The molecule has 4 rings (SSSR count). The fraction of sp³-hybridized carbons (Fsp3) is 0.292. The molecule has 1 aliphatic heterocycles. The van der Waals surface area contributed by atoms with Crippen molar-refractivity contribution in [2.45, 2.75) is 42.8 Å². The molecule has 0 spiro atoms. The zero-order chi connectivity index (χ0) is 21.6. The number of nitriles is 1. The molecule has 0 saturated carbocycles. The number of rotatable bonds is 7. The highest BCUT2D eigenvalue weighted by molar-refractivity contribution is 8.00. The number of anilines is 1. The van der Waals surface area contributed by atoms with Crippen LogP contribution in [0.5, 0.6) is 0 Å². The molecule has 0 radical (unpaired) electrons. The third-order valence-corrected chi connectivity index (χ3v) is 6.34. The van der Waals surface area contributed by atoms with E-state index in [0.717, 1.165) is 42.4 Å². The first-order chi connectivity index (χ1) is 15.1. The van der Waals surface area contributed by atoms with Crippen LogP contribution < -0.4 is 5.32 Å². The van der Waals surface area contributed by atoms with Crippen LogP contribution in [-0.2, 0) is 16.1 Å². The minimum Gasteiger partial charge on any atom is -0.376 e. The fourth-order valence-electron chi connectivity index (χ4n) is 3.54. The van der Waals surface area contributed by atoms with Gasteiger partial charge in [-0.1, -0.05) is 42.1 Å². The Bertz CT molecular complexity index is 1070. The molecular formula is C24H24N4O2S. The summed E-state index contributed by atoms with van der Waals surface area (Å²) >= 11 is 1.44. The van der Waals surface area contributed by atoms with Gasteiger partial charge in [0.15, 0.2) is 5.16 Å². The van der Waals surface area contributed by atoms with Gasteiger partial charge in [0.1, 0.15) is 0 Å². The van der Waals surface area contributed by atoms with E-state index >= 15 is 0 Å². The van der Waals surface area contributed by atoms with E-state index in [2.05, 4.69) is 33.1 Å². The molecule has 2 aromatic carbocycles. The summed E-state index contributed by atoms with van der Waals surface area (Å²) in [4.78, 5) is 17.4. The van der Waals surface area contributed by atoms with Crippen LogP contribution in [0.25, 0.3) is 11.3 Å². The number of ether oxygens (including phenoxy) is 1. The number of carbonyl (C=O) groups is 1. The van der Waals surface area contributed by atoms with E-state index in [1.54, 1.807) is 24.3 Å². The van der Waals surface area contributed by atoms with Crippen LogP contribution >= 0.6 is 11.8 Å². The number of imidazole rings is 1. The summed E-state index contributed by atoms with van der Waals surface area (Å²) < 4.78 is 8.03. The Labute approximate surface area is 186 Å². The van der Waals surface area contributed by atoms with Crippen LogP contribution in [0, 0.1) is 11.3 Å². The highest BCUT2D eigenvalue weighted by atomic mass is 32.2. The number of amides is 1. The largest absolute Gasteiger partial charge is 0.376 e. The molecule has 6 nitrogen and oxygen atoms in total. The molecule has 1 fully saturated rings. The Hall–Kier alpha value is -3.08. The average Bonchev–Trinajstić information content (AvgIpc) is 3.45. The Kier molecular flexibility index (Phi) is 6.70. The first kappa shape index (κ1) is 21.2. The fourth-order valence-corrected chi connectivity index (χ4v) is 4.44. The smallest absolute Gasteiger partial charge is 0.237 e. The molecule has 2 heterocycles. The summed E-state index contributed by atoms with van der Waals surface area (Å²) in [6, 6.07) is 19.1. The van der Waals surface area contributed by atoms with Crippen molar-refractivity contribution < 1.29 is 9.53 Å². The summed E-state index contributed by atoms with van der Waals surface area (Å²) in [6.07, 6.45) is 4.15. The van der Waals surface area contributed by atoms with Crippen LogP contribution in [0.4, 0.5) is 5.69 Å². The summed E-state index contributed by atoms with van der Waals surface area (Å²) in [5, 5.41) is 12.3. The second-order valence-corrected chi connectivity index (χ2v) is 8.78. The average molecular weight is 433 g/mol. The first-order valence-corrected chi connectivity index (χ1v) is 11.2. The molecule has 1 saturated heterocycles. The maximum Gasteiger partial charge on any atom is 0.237 e. The standard InChI is InChI=1S/C24H24N4O2S/c1-17(23(29)27-20-11-9-18(14-25)10-12-20)31-24-26-15-22(19-6-3-2-4-7-19)28(24)16-21-8-5-13-30-21/h2-4,6-7,9-12,15,17,21H,5,8,13,16H2,1H3,(H,27,29). The Balaban J connectivity index is 1.51. The molecule has 31 heavy (non-hydrogen) atoms. The first-order valence-electron chi connectivity index (χ1n) is 10.3. The number of benzene rings is 2. The van der Waals surface area contributed by atoms with Crippen molar-refractivity contribution in [1.29, 1.82) is 5.26 Å². The van der Waals surface area contributed by atoms with Crippen molar-refractivity contribution in [3.8, 4) is 17.3 Å². The Morgan fingerprint density at radius 1 is 1.29 bits per heavy atom. The van der Waals surface area contributed by atoms with Gasteiger partial charge in [-0.05, 0) is 49.6 Å².